The second-order valence-electron chi connectivity index (χ2n) is 7.24. The zero-order valence-electron chi connectivity index (χ0n) is 19.8. The molecule has 0 spiro atoms. The number of fused-ring (bicyclic) bond motifs is 1. The Bertz CT molecular complexity index is 1130. The topological polar surface area (TPSA) is 146 Å². The van der Waals surface area contributed by atoms with Gasteiger partial charge in [-0.25, -0.2) is 14.5 Å². The molecule has 1 saturated heterocycles. The van der Waals surface area contributed by atoms with Crippen molar-refractivity contribution >= 4 is 23.6 Å². The number of rotatable bonds is 6. The van der Waals surface area contributed by atoms with Gasteiger partial charge < -0.3 is 24.6 Å². The zero-order valence-corrected chi connectivity index (χ0v) is 16.8. The molecule has 3 rings (SSSR count). The number of esters is 1. The quantitative estimate of drug-likeness (QED) is 0.375. The Morgan fingerprint density at radius 3 is 3.00 bits per heavy atom. The fourth-order valence-corrected chi connectivity index (χ4v) is 2.82. The van der Waals surface area contributed by atoms with E-state index in [0.29, 0.717) is 0 Å². The third-order valence-corrected chi connectivity index (χ3v) is 4.41. The van der Waals surface area contributed by atoms with Gasteiger partial charge in [0.05, 0.1) is 22.1 Å². The maximum absolute atomic E-state index is 11.9. The van der Waals surface area contributed by atoms with Crippen LogP contribution in [0.1, 0.15) is 23.7 Å². The highest BCUT2D eigenvalue weighted by molar-refractivity contribution is 5.72. The van der Waals surface area contributed by atoms with Gasteiger partial charge in [0.1, 0.15) is 42.8 Å². The van der Waals surface area contributed by atoms with E-state index >= 15 is 0 Å². The standard InChI is InChI=1S/C19H24N6O5/c1-11(2)18(28)29-7-13-15(26)16(27)19(8-20,30-13)14-6-5-12-17(22-10-24(3)4)21-9-23-25(12)14/h5-6,9-11,13,15-16,26-27H,7H2,1-4H3/t13-,15-,16-,19+/m1/s1/i5D,7D2. The molecule has 11 heteroatoms. The SMILES string of the molecule is [2H]c1cc([C@]2(C#N)O[C@H](C([2H])([2H])OC(=O)C(C)C)[C@@H](O)[C@H]2O)n2ncnc(N=CN(C)C)c12. The number of ether oxygens (including phenoxy) is 2. The van der Waals surface area contributed by atoms with Crippen molar-refractivity contribution in [3.05, 3.63) is 24.1 Å². The summed E-state index contributed by atoms with van der Waals surface area (Å²) in [7, 11) is 3.48. The van der Waals surface area contributed by atoms with Crippen LogP contribution in [0.25, 0.3) is 5.52 Å². The number of aromatic nitrogens is 3. The summed E-state index contributed by atoms with van der Waals surface area (Å²) >= 11 is 0. The molecule has 0 amide bonds. The molecule has 1 aliphatic heterocycles. The fourth-order valence-electron chi connectivity index (χ4n) is 2.82. The van der Waals surface area contributed by atoms with Crippen molar-refractivity contribution in [3.8, 4) is 6.07 Å². The van der Waals surface area contributed by atoms with E-state index in [-0.39, 0.29) is 23.1 Å². The van der Waals surface area contributed by atoms with Crippen molar-refractivity contribution in [2.45, 2.75) is 37.8 Å². The molecule has 0 unspecified atom stereocenters. The first-order chi connectivity index (χ1) is 15.4. The number of aliphatic hydroxyl groups is 2. The third-order valence-electron chi connectivity index (χ3n) is 4.41. The Morgan fingerprint density at radius 1 is 1.63 bits per heavy atom. The largest absolute Gasteiger partial charge is 0.463 e. The highest BCUT2D eigenvalue weighted by atomic mass is 16.6. The number of hydrogen-bond donors (Lipinski definition) is 2. The maximum atomic E-state index is 11.9. The Balaban J connectivity index is 2.11. The van der Waals surface area contributed by atoms with Gasteiger partial charge in [0.15, 0.2) is 5.82 Å². The summed E-state index contributed by atoms with van der Waals surface area (Å²) in [6.07, 6.45) is -3.22. The first-order valence-corrected chi connectivity index (χ1v) is 9.08. The van der Waals surface area contributed by atoms with Gasteiger partial charge in [0.25, 0.3) is 0 Å². The molecule has 160 valence electrons. The lowest BCUT2D eigenvalue weighted by molar-refractivity contribution is -0.154. The number of hydrogen-bond acceptors (Lipinski definition) is 9. The van der Waals surface area contributed by atoms with Crippen molar-refractivity contribution in [1.29, 1.82) is 5.26 Å². The third kappa shape index (κ3) is 3.72. The van der Waals surface area contributed by atoms with Crippen LogP contribution in [-0.4, -0.2) is 81.0 Å². The van der Waals surface area contributed by atoms with Crippen LogP contribution in [0.4, 0.5) is 5.82 Å². The predicted octanol–water partition coefficient (Wildman–Crippen LogP) is -0.0106. The highest BCUT2D eigenvalue weighted by Crippen LogP contribution is 2.40. The summed E-state index contributed by atoms with van der Waals surface area (Å²) in [6.45, 7) is 0.127. The number of nitrogens with zero attached hydrogens (tertiary/aromatic N) is 6. The van der Waals surface area contributed by atoms with Gasteiger partial charge in [0, 0.05) is 14.1 Å². The van der Waals surface area contributed by atoms with Crippen molar-refractivity contribution in [3.63, 3.8) is 0 Å². The second-order valence-corrected chi connectivity index (χ2v) is 7.24. The molecule has 2 aromatic heterocycles. The maximum Gasteiger partial charge on any atom is 0.308 e. The lowest BCUT2D eigenvalue weighted by Gasteiger charge is -2.24. The van der Waals surface area contributed by atoms with Gasteiger partial charge >= 0.3 is 5.97 Å². The summed E-state index contributed by atoms with van der Waals surface area (Å²) < 4.78 is 36.1. The molecule has 0 saturated carbocycles. The molecule has 4 atom stereocenters. The van der Waals surface area contributed by atoms with Crippen LogP contribution in [0.5, 0.6) is 0 Å². The zero-order chi connectivity index (χ0) is 24.7. The first-order valence-electron chi connectivity index (χ1n) is 10.6. The minimum absolute atomic E-state index is 0.100. The Labute approximate surface area is 177 Å². The Hall–Kier alpha value is -3.07. The van der Waals surface area contributed by atoms with Crippen molar-refractivity contribution < 1.29 is 28.6 Å². The van der Waals surface area contributed by atoms with Crippen molar-refractivity contribution in [2.75, 3.05) is 20.7 Å². The average molecular weight is 419 g/mol. The molecule has 30 heavy (non-hydrogen) atoms. The van der Waals surface area contributed by atoms with E-state index in [2.05, 4.69) is 15.1 Å². The van der Waals surface area contributed by atoms with Gasteiger partial charge in [-0.05, 0) is 12.1 Å². The van der Waals surface area contributed by atoms with E-state index < -0.39 is 42.4 Å². The minimum atomic E-state index is -2.87. The number of carbonyl (C=O) groups is 1. The van der Waals surface area contributed by atoms with Crippen LogP contribution in [0, 0.1) is 17.2 Å². The summed E-state index contributed by atoms with van der Waals surface area (Å²) in [4.78, 5) is 21.8. The summed E-state index contributed by atoms with van der Waals surface area (Å²) in [5.74, 6) is -1.45. The van der Waals surface area contributed by atoms with E-state index in [1.54, 1.807) is 25.1 Å². The molecular formula is C19H24N6O5. The molecule has 1 aliphatic rings. The van der Waals surface area contributed by atoms with Gasteiger partial charge in [-0.2, -0.15) is 10.4 Å². The molecule has 0 aliphatic carbocycles. The highest BCUT2D eigenvalue weighted by Gasteiger charge is 2.57. The lowest BCUT2D eigenvalue weighted by atomic mass is 9.92. The molecule has 3 heterocycles. The number of carbonyl (C=O) groups excluding carboxylic acids is 1. The molecule has 0 radical (unpaired) electrons. The molecule has 2 N–H and O–H groups in total. The van der Waals surface area contributed by atoms with Gasteiger partial charge in [-0.1, -0.05) is 13.8 Å². The summed E-state index contributed by atoms with van der Waals surface area (Å²) in [6, 6.07) is 2.82. The Morgan fingerprint density at radius 2 is 2.37 bits per heavy atom. The predicted molar refractivity (Wildman–Crippen MR) is 105 cm³/mol. The summed E-state index contributed by atoms with van der Waals surface area (Å²) in [5, 5.41) is 35.4. The normalized spacial score (nSPS) is 28.3. The molecule has 11 nitrogen and oxygen atoms in total. The monoisotopic (exact) mass is 419 g/mol. The van der Waals surface area contributed by atoms with Crippen LogP contribution in [0.15, 0.2) is 23.4 Å². The van der Waals surface area contributed by atoms with Crippen molar-refractivity contribution in [1.82, 2.24) is 19.5 Å². The van der Waals surface area contributed by atoms with Gasteiger partial charge in [-0.3, -0.25) is 4.79 Å². The second kappa shape index (κ2) is 8.35. The lowest BCUT2D eigenvalue weighted by Crippen LogP contribution is -2.41. The number of nitriles is 1. The minimum Gasteiger partial charge on any atom is -0.463 e. The van der Waals surface area contributed by atoms with E-state index in [1.807, 2.05) is 0 Å². The van der Waals surface area contributed by atoms with E-state index in [1.165, 1.54) is 26.3 Å². The molecular weight excluding hydrogens is 392 g/mol. The van der Waals surface area contributed by atoms with E-state index in [4.69, 9.17) is 13.6 Å². The van der Waals surface area contributed by atoms with E-state index in [0.717, 1.165) is 10.8 Å². The number of aliphatic hydroxyl groups excluding tert-OH is 2. The smallest absolute Gasteiger partial charge is 0.308 e. The van der Waals surface area contributed by atoms with Gasteiger partial charge in [0.2, 0.25) is 5.60 Å². The van der Waals surface area contributed by atoms with Gasteiger partial charge in [-0.15, -0.1) is 0 Å². The van der Waals surface area contributed by atoms with Crippen LogP contribution in [0.3, 0.4) is 0 Å². The van der Waals surface area contributed by atoms with Crippen molar-refractivity contribution in [2.24, 2.45) is 10.9 Å². The fraction of sp³-hybridized carbons (Fsp3) is 0.526. The molecule has 0 aromatic carbocycles. The van der Waals surface area contributed by atoms with Crippen LogP contribution in [-0.2, 0) is 19.9 Å². The average Bonchev–Trinajstić information content (AvgIpc) is 3.22. The Kier molecular flexibility index (Phi) is 4.94. The molecule has 2 aromatic rings. The van der Waals surface area contributed by atoms with Crippen LogP contribution >= 0.6 is 0 Å². The first kappa shape index (κ1) is 17.8. The number of aliphatic imine (C=N–C) groups is 1. The van der Waals surface area contributed by atoms with E-state index in [9.17, 15) is 20.3 Å². The summed E-state index contributed by atoms with van der Waals surface area (Å²) in [5.41, 5.74) is -2.38. The van der Waals surface area contributed by atoms with Crippen LogP contribution in [0.2, 0.25) is 0 Å². The molecule has 1 fully saturated rings. The van der Waals surface area contributed by atoms with Crippen LogP contribution < -0.4 is 0 Å². The molecule has 0 bridgehead atoms.